The van der Waals surface area contributed by atoms with Crippen LogP contribution in [0.15, 0.2) is 23.8 Å². The van der Waals surface area contributed by atoms with Crippen LogP contribution in [0.25, 0.3) is 0 Å². The molecule has 1 aromatic carbocycles. The molecule has 0 spiro atoms. The molecule has 0 radical (unpaired) electrons. The lowest BCUT2D eigenvalue weighted by atomic mass is 9.77. The van der Waals surface area contributed by atoms with Gasteiger partial charge >= 0.3 is 6.18 Å². The summed E-state index contributed by atoms with van der Waals surface area (Å²) in [4.78, 5) is 38.7. The second-order valence-corrected chi connectivity index (χ2v) is 11.1. The maximum Gasteiger partial charge on any atom is 0.406 e. The predicted octanol–water partition coefficient (Wildman–Crippen LogP) is 4.44. The molecular weight excluding hydrogens is 569 g/mol. The highest BCUT2D eigenvalue weighted by Crippen LogP contribution is 2.51. The van der Waals surface area contributed by atoms with Gasteiger partial charge in [0.2, 0.25) is 11.8 Å². The van der Waals surface area contributed by atoms with Gasteiger partial charge in [0.05, 0.1) is 25.7 Å². The number of ether oxygens (including phenoxy) is 2. The zero-order valence-corrected chi connectivity index (χ0v) is 24.8. The van der Waals surface area contributed by atoms with Crippen LogP contribution in [0.1, 0.15) is 93.0 Å². The van der Waals surface area contributed by atoms with Gasteiger partial charge in [0, 0.05) is 29.7 Å². The van der Waals surface area contributed by atoms with E-state index >= 15 is 0 Å². The summed E-state index contributed by atoms with van der Waals surface area (Å²) < 4.78 is 52.6. The molecular formula is C31H43F3N2O7. The van der Waals surface area contributed by atoms with Gasteiger partial charge in [-0.15, -0.1) is 0 Å². The quantitative estimate of drug-likeness (QED) is 0.175. The van der Waals surface area contributed by atoms with Crippen molar-refractivity contribution in [3.05, 3.63) is 34.9 Å². The molecule has 240 valence electrons. The van der Waals surface area contributed by atoms with Crippen molar-refractivity contribution in [1.82, 2.24) is 10.2 Å². The van der Waals surface area contributed by atoms with Crippen LogP contribution in [-0.4, -0.2) is 84.4 Å². The van der Waals surface area contributed by atoms with Crippen molar-refractivity contribution in [2.45, 2.75) is 101 Å². The molecule has 3 rings (SSSR count). The van der Waals surface area contributed by atoms with E-state index in [0.29, 0.717) is 29.6 Å². The SMILES string of the molecule is CCCCCCCCCCCC(=O)N(CC(F)(F)F)C1C=C(C(=O)NCCO)C2c3cc(C=O)cc(OC)c3OC2C1O. The number of amides is 2. The average molecular weight is 613 g/mol. The monoisotopic (exact) mass is 612 g/mol. The third-order valence-corrected chi connectivity index (χ3v) is 7.93. The fourth-order valence-corrected chi connectivity index (χ4v) is 5.84. The average Bonchev–Trinajstić information content (AvgIpc) is 3.37. The van der Waals surface area contributed by atoms with Crippen LogP contribution < -0.4 is 14.8 Å². The van der Waals surface area contributed by atoms with E-state index in [1.807, 2.05) is 0 Å². The lowest BCUT2D eigenvalue weighted by molar-refractivity contribution is -0.170. The number of hydrogen-bond acceptors (Lipinski definition) is 7. The highest BCUT2D eigenvalue weighted by molar-refractivity contribution is 5.96. The molecule has 12 heteroatoms. The predicted molar refractivity (Wildman–Crippen MR) is 153 cm³/mol. The van der Waals surface area contributed by atoms with Crippen LogP contribution >= 0.6 is 0 Å². The molecule has 0 bridgehead atoms. The van der Waals surface area contributed by atoms with E-state index in [2.05, 4.69) is 12.2 Å². The van der Waals surface area contributed by atoms with Crippen LogP contribution in [0, 0.1) is 0 Å². The molecule has 0 saturated carbocycles. The smallest absolute Gasteiger partial charge is 0.406 e. The maximum atomic E-state index is 13.8. The van der Waals surface area contributed by atoms with Crippen LogP contribution in [0.2, 0.25) is 0 Å². The number of halogens is 3. The van der Waals surface area contributed by atoms with E-state index in [0.717, 1.165) is 32.1 Å². The standard InChI is InChI=1S/C31H43F3N2O7/c1-3-4-5-6-7-8-9-10-11-12-25(39)36(19-31(32,33)34)23-17-22(30(41)35-13-14-37)26-21-15-20(18-38)16-24(42-2)28(21)43-29(26)27(23)40/h15-18,23,26-27,29,37,40H,3-14,19H2,1-2H3,(H,35,41). The molecule has 2 amide bonds. The number of methoxy groups -OCH3 is 1. The Labute approximate surface area is 250 Å². The van der Waals surface area contributed by atoms with Crippen LogP contribution in [0.3, 0.4) is 0 Å². The Morgan fingerprint density at radius 2 is 1.74 bits per heavy atom. The summed E-state index contributed by atoms with van der Waals surface area (Å²) in [6, 6.07) is 1.36. The van der Waals surface area contributed by atoms with Gasteiger partial charge in [-0.25, -0.2) is 0 Å². The number of unbranched alkanes of at least 4 members (excludes halogenated alkanes) is 8. The Kier molecular flexibility index (Phi) is 12.9. The molecule has 1 aliphatic carbocycles. The number of rotatable bonds is 17. The van der Waals surface area contributed by atoms with E-state index in [1.165, 1.54) is 38.2 Å². The van der Waals surface area contributed by atoms with Crippen molar-refractivity contribution >= 4 is 18.1 Å². The molecule has 4 unspecified atom stereocenters. The van der Waals surface area contributed by atoms with Gasteiger partial charge in [-0.2, -0.15) is 13.2 Å². The number of alkyl halides is 3. The van der Waals surface area contributed by atoms with Crippen molar-refractivity contribution in [2.24, 2.45) is 0 Å². The molecule has 1 heterocycles. The number of aliphatic hydroxyl groups excluding tert-OH is 2. The number of benzene rings is 1. The minimum absolute atomic E-state index is 0.0411. The highest BCUT2D eigenvalue weighted by atomic mass is 19.4. The first-order valence-electron chi connectivity index (χ1n) is 15.0. The number of aldehydes is 1. The normalized spacial score (nSPS) is 20.9. The minimum atomic E-state index is -4.76. The van der Waals surface area contributed by atoms with Crippen molar-refractivity contribution < 1.29 is 47.2 Å². The molecule has 0 fully saturated rings. The van der Waals surface area contributed by atoms with E-state index in [9.17, 15) is 37.8 Å². The molecule has 1 aromatic rings. The zero-order valence-electron chi connectivity index (χ0n) is 24.8. The number of carbonyl (C=O) groups excluding carboxylic acids is 3. The van der Waals surface area contributed by atoms with Gasteiger partial charge in [0.1, 0.15) is 25.0 Å². The molecule has 4 atom stereocenters. The summed E-state index contributed by atoms with van der Waals surface area (Å²) in [6.07, 6.45) is 2.70. The fraction of sp³-hybridized carbons (Fsp3) is 0.645. The number of aliphatic hydroxyl groups is 2. The summed E-state index contributed by atoms with van der Waals surface area (Å²) in [6.45, 7) is 0.0203. The molecule has 2 aliphatic rings. The van der Waals surface area contributed by atoms with E-state index in [4.69, 9.17) is 9.47 Å². The molecule has 0 aromatic heterocycles. The second-order valence-electron chi connectivity index (χ2n) is 11.1. The van der Waals surface area contributed by atoms with Gasteiger partial charge < -0.3 is 29.9 Å². The van der Waals surface area contributed by atoms with Crippen molar-refractivity contribution in [1.29, 1.82) is 0 Å². The van der Waals surface area contributed by atoms with Crippen LogP contribution in [0.4, 0.5) is 13.2 Å². The Hall–Kier alpha value is -3.12. The summed E-state index contributed by atoms with van der Waals surface area (Å²) in [5, 5.41) is 23.1. The minimum Gasteiger partial charge on any atom is -0.493 e. The molecule has 43 heavy (non-hydrogen) atoms. The van der Waals surface area contributed by atoms with Crippen molar-refractivity contribution in [3.63, 3.8) is 0 Å². The van der Waals surface area contributed by atoms with E-state index < -0.39 is 48.7 Å². The van der Waals surface area contributed by atoms with Gasteiger partial charge in [0.25, 0.3) is 0 Å². The number of carbonyl (C=O) groups is 3. The Morgan fingerprint density at radius 3 is 2.33 bits per heavy atom. The van der Waals surface area contributed by atoms with Gasteiger partial charge in [-0.05, 0) is 24.6 Å². The first-order chi connectivity index (χ1) is 20.6. The summed E-state index contributed by atoms with van der Waals surface area (Å²) >= 11 is 0. The lowest BCUT2D eigenvalue weighted by Gasteiger charge is -2.41. The first kappa shape index (κ1) is 34.4. The number of nitrogens with one attached hydrogen (secondary N) is 1. The third kappa shape index (κ3) is 8.95. The Bertz CT molecular complexity index is 1140. The molecule has 1 aliphatic heterocycles. The summed E-state index contributed by atoms with van der Waals surface area (Å²) in [7, 11) is 1.34. The largest absolute Gasteiger partial charge is 0.493 e. The molecule has 0 saturated heterocycles. The fourth-order valence-electron chi connectivity index (χ4n) is 5.84. The Balaban J connectivity index is 1.87. The van der Waals surface area contributed by atoms with Crippen LogP contribution in [-0.2, 0) is 9.59 Å². The lowest BCUT2D eigenvalue weighted by Crippen LogP contribution is -2.57. The number of fused-ring (bicyclic) bond motifs is 3. The zero-order chi connectivity index (χ0) is 31.6. The second kappa shape index (κ2) is 16.1. The molecule has 9 nitrogen and oxygen atoms in total. The summed E-state index contributed by atoms with van der Waals surface area (Å²) in [5.41, 5.74) is 0.514. The van der Waals surface area contributed by atoms with Crippen molar-refractivity contribution in [3.8, 4) is 11.5 Å². The van der Waals surface area contributed by atoms with E-state index in [-0.39, 0.29) is 42.2 Å². The van der Waals surface area contributed by atoms with Gasteiger partial charge in [-0.3, -0.25) is 14.4 Å². The number of hydrogen-bond donors (Lipinski definition) is 3. The van der Waals surface area contributed by atoms with Crippen molar-refractivity contribution in [2.75, 3.05) is 26.8 Å². The number of nitrogens with zero attached hydrogens (tertiary/aromatic N) is 1. The third-order valence-electron chi connectivity index (χ3n) is 7.93. The maximum absolute atomic E-state index is 13.8. The van der Waals surface area contributed by atoms with Crippen LogP contribution in [0.5, 0.6) is 11.5 Å². The molecule has 3 N–H and O–H groups in total. The Morgan fingerprint density at radius 1 is 1.09 bits per heavy atom. The first-order valence-corrected chi connectivity index (χ1v) is 15.0. The van der Waals surface area contributed by atoms with Gasteiger partial charge in [0.15, 0.2) is 11.5 Å². The van der Waals surface area contributed by atoms with Gasteiger partial charge in [-0.1, -0.05) is 58.3 Å². The topological polar surface area (TPSA) is 125 Å². The summed E-state index contributed by atoms with van der Waals surface area (Å²) in [5.74, 6) is -2.15. The van der Waals surface area contributed by atoms with E-state index in [1.54, 1.807) is 0 Å². The highest BCUT2D eigenvalue weighted by Gasteiger charge is 2.52.